The van der Waals surface area contributed by atoms with Crippen molar-refractivity contribution in [3.8, 4) is 0 Å². The molecule has 1 aromatic rings. The third-order valence-electron chi connectivity index (χ3n) is 2.12. The lowest BCUT2D eigenvalue weighted by Crippen LogP contribution is -2.20. The maximum atomic E-state index is 4.40. The minimum absolute atomic E-state index is 0.811. The van der Waals surface area contributed by atoms with Crippen molar-refractivity contribution in [2.24, 2.45) is 0 Å². The van der Waals surface area contributed by atoms with Crippen molar-refractivity contribution >= 4 is 11.6 Å². The molecule has 0 fully saturated rings. The first-order valence-corrected chi connectivity index (χ1v) is 4.99. The van der Waals surface area contributed by atoms with Gasteiger partial charge in [-0.25, -0.2) is 4.98 Å². The van der Waals surface area contributed by atoms with Crippen LogP contribution in [0.1, 0.15) is 19.8 Å². The molecule has 0 aliphatic rings. The summed E-state index contributed by atoms with van der Waals surface area (Å²) in [7, 11) is 3.89. The molecule has 0 aliphatic heterocycles. The van der Waals surface area contributed by atoms with E-state index in [4.69, 9.17) is 0 Å². The number of aromatic nitrogens is 2. The number of nitrogens with zero attached hydrogens (tertiary/aromatic N) is 3. The smallest absolute Gasteiger partial charge is 0.149 e. The standard InChI is InChI=1S/C10H18N4/c1-4-5-6-14(3)10-8-12-7-9(11-2)13-10/h7-8H,4-6H2,1-3H3,(H,11,13). The summed E-state index contributed by atoms with van der Waals surface area (Å²) in [5.74, 6) is 1.73. The van der Waals surface area contributed by atoms with Gasteiger partial charge in [-0.15, -0.1) is 0 Å². The van der Waals surface area contributed by atoms with Gasteiger partial charge in [-0.2, -0.15) is 0 Å². The number of rotatable bonds is 5. The summed E-state index contributed by atoms with van der Waals surface area (Å²) in [6, 6.07) is 0. The molecule has 1 N–H and O–H groups in total. The first kappa shape index (κ1) is 10.8. The van der Waals surface area contributed by atoms with Crippen molar-refractivity contribution in [3.05, 3.63) is 12.4 Å². The minimum atomic E-state index is 0.811. The van der Waals surface area contributed by atoms with Crippen molar-refractivity contribution in [2.75, 3.05) is 30.9 Å². The van der Waals surface area contributed by atoms with E-state index >= 15 is 0 Å². The fourth-order valence-electron chi connectivity index (χ4n) is 1.17. The molecule has 0 saturated heterocycles. The van der Waals surface area contributed by atoms with Crippen LogP contribution in [0.3, 0.4) is 0 Å². The molecule has 0 spiro atoms. The van der Waals surface area contributed by atoms with E-state index in [-0.39, 0.29) is 0 Å². The Kier molecular flexibility index (Phi) is 4.16. The summed E-state index contributed by atoms with van der Waals surface area (Å²) in [5, 5.41) is 2.98. The van der Waals surface area contributed by atoms with Gasteiger partial charge in [0.05, 0.1) is 12.4 Å². The monoisotopic (exact) mass is 194 g/mol. The van der Waals surface area contributed by atoms with Crippen LogP contribution < -0.4 is 10.2 Å². The zero-order valence-electron chi connectivity index (χ0n) is 9.12. The zero-order valence-corrected chi connectivity index (χ0v) is 9.12. The highest BCUT2D eigenvalue weighted by atomic mass is 15.2. The largest absolute Gasteiger partial charge is 0.372 e. The van der Waals surface area contributed by atoms with E-state index in [1.807, 2.05) is 14.1 Å². The van der Waals surface area contributed by atoms with E-state index in [1.165, 1.54) is 12.8 Å². The van der Waals surface area contributed by atoms with Gasteiger partial charge in [-0.1, -0.05) is 13.3 Å². The Morgan fingerprint density at radius 2 is 2.21 bits per heavy atom. The van der Waals surface area contributed by atoms with Crippen LogP contribution in [0, 0.1) is 0 Å². The van der Waals surface area contributed by atoms with Crippen molar-refractivity contribution in [2.45, 2.75) is 19.8 Å². The normalized spacial score (nSPS) is 9.93. The van der Waals surface area contributed by atoms with Crippen LogP contribution in [0.2, 0.25) is 0 Å². The summed E-state index contributed by atoms with van der Waals surface area (Å²) in [5.41, 5.74) is 0. The van der Waals surface area contributed by atoms with Gasteiger partial charge in [0.15, 0.2) is 0 Å². The summed E-state index contributed by atoms with van der Waals surface area (Å²) >= 11 is 0. The molecule has 78 valence electrons. The molecule has 0 aromatic carbocycles. The molecule has 4 heteroatoms. The summed E-state index contributed by atoms with van der Waals surface area (Å²) in [4.78, 5) is 10.6. The van der Waals surface area contributed by atoms with Crippen LogP contribution in [0.25, 0.3) is 0 Å². The second kappa shape index (κ2) is 5.42. The lowest BCUT2D eigenvalue weighted by atomic mass is 10.3. The number of hydrogen-bond acceptors (Lipinski definition) is 4. The van der Waals surface area contributed by atoms with E-state index < -0.39 is 0 Å². The molecule has 0 radical (unpaired) electrons. The average molecular weight is 194 g/mol. The first-order valence-electron chi connectivity index (χ1n) is 4.99. The fourth-order valence-corrected chi connectivity index (χ4v) is 1.17. The molecule has 14 heavy (non-hydrogen) atoms. The van der Waals surface area contributed by atoms with Gasteiger partial charge in [0, 0.05) is 20.6 Å². The van der Waals surface area contributed by atoms with Gasteiger partial charge < -0.3 is 10.2 Å². The molecule has 0 saturated carbocycles. The van der Waals surface area contributed by atoms with E-state index in [1.54, 1.807) is 12.4 Å². The second-order valence-electron chi connectivity index (χ2n) is 3.29. The van der Waals surface area contributed by atoms with E-state index in [0.29, 0.717) is 0 Å². The maximum absolute atomic E-state index is 4.40. The molecule has 1 rings (SSSR count). The van der Waals surface area contributed by atoms with E-state index in [2.05, 4.69) is 27.1 Å². The molecule has 1 aromatic heterocycles. The molecule has 0 amide bonds. The highest BCUT2D eigenvalue weighted by molar-refractivity contribution is 5.42. The third-order valence-corrected chi connectivity index (χ3v) is 2.12. The Hall–Kier alpha value is -1.32. The van der Waals surface area contributed by atoms with Crippen LogP contribution in [-0.2, 0) is 0 Å². The molecule has 1 heterocycles. The summed E-state index contributed by atoms with van der Waals surface area (Å²) in [6.45, 7) is 3.21. The molecule has 0 unspecified atom stereocenters. The predicted octanol–water partition coefficient (Wildman–Crippen LogP) is 1.75. The Balaban J connectivity index is 2.64. The number of anilines is 2. The molecular weight excluding hydrogens is 176 g/mol. The number of unbranched alkanes of at least 4 members (excludes halogenated alkanes) is 1. The highest BCUT2D eigenvalue weighted by Gasteiger charge is 2.02. The van der Waals surface area contributed by atoms with Crippen molar-refractivity contribution in [3.63, 3.8) is 0 Å². The van der Waals surface area contributed by atoms with Crippen molar-refractivity contribution in [1.29, 1.82) is 0 Å². The van der Waals surface area contributed by atoms with Crippen LogP contribution in [-0.4, -0.2) is 30.6 Å². The molecule has 4 nitrogen and oxygen atoms in total. The number of nitrogens with one attached hydrogen (secondary N) is 1. The predicted molar refractivity (Wildman–Crippen MR) is 59.8 cm³/mol. The topological polar surface area (TPSA) is 41.1 Å². The quantitative estimate of drug-likeness (QED) is 0.775. The van der Waals surface area contributed by atoms with Crippen molar-refractivity contribution in [1.82, 2.24) is 9.97 Å². The molecule has 0 bridgehead atoms. The molecule has 0 atom stereocenters. The fraction of sp³-hybridized carbons (Fsp3) is 0.600. The molecule has 0 aliphatic carbocycles. The van der Waals surface area contributed by atoms with Crippen LogP contribution in [0.4, 0.5) is 11.6 Å². The van der Waals surface area contributed by atoms with E-state index in [0.717, 1.165) is 18.2 Å². The van der Waals surface area contributed by atoms with E-state index in [9.17, 15) is 0 Å². The molecular formula is C10H18N4. The second-order valence-corrected chi connectivity index (χ2v) is 3.29. The average Bonchev–Trinajstić information content (AvgIpc) is 2.26. The van der Waals surface area contributed by atoms with Crippen LogP contribution >= 0.6 is 0 Å². The summed E-state index contributed by atoms with van der Waals surface area (Å²) in [6.07, 6.45) is 5.89. The van der Waals surface area contributed by atoms with Gasteiger partial charge in [-0.05, 0) is 6.42 Å². The summed E-state index contributed by atoms with van der Waals surface area (Å²) < 4.78 is 0. The highest BCUT2D eigenvalue weighted by Crippen LogP contribution is 2.10. The van der Waals surface area contributed by atoms with Crippen LogP contribution in [0.15, 0.2) is 12.4 Å². The zero-order chi connectivity index (χ0) is 10.4. The first-order chi connectivity index (χ1) is 6.77. The Morgan fingerprint density at radius 3 is 2.86 bits per heavy atom. The van der Waals surface area contributed by atoms with Crippen LogP contribution in [0.5, 0.6) is 0 Å². The lowest BCUT2D eigenvalue weighted by molar-refractivity contribution is 0.758. The van der Waals surface area contributed by atoms with Gasteiger partial charge in [0.2, 0.25) is 0 Å². The van der Waals surface area contributed by atoms with Gasteiger partial charge >= 0.3 is 0 Å². The van der Waals surface area contributed by atoms with Gasteiger partial charge in [0.1, 0.15) is 11.6 Å². The Bertz CT molecular complexity index is 275. The lowest BCUT2D eigenvalue weighted by Gasteiger charge is -2.17. The Labute approximate surface area is 85.4 Å². The number of hydrogen-bond donors (Lipinski definition) is 1. The third kappa shape index (κ3) is 2.87. The van der Waals surface area contributed by atoms with Gasteiger partial charge in [-0.3, -0.25) is 4.98 Å². The Morgan fingerprint density at radius 1 is 1.43 bits per heavy atom. The van der Waals surface area contributed by atoms with Gasteiger partial charge in [0.25, 0.3) is 0 Å². The minimum Gasteiger partial charge on any atom is -0.372 e. The van der Waals surface area contributed by atoms with Crippen molar-refractivity contribution < 1.29 is 0 Å². The maximum Gasteiger partial charge on any atom is 0.149 e. The SMILES string of the molecule is CCCCN(C)c1cncc(NC)n1.